The van der Waals surface area contributed by atoms with Crippen LogP contribution >= 0.6 is 0 Å². The predicted molar refractivity (Wildman–Crippen MR) is 125 cm³/mol. The molecule has 6 heteroatoms. The standard InChI is InChI=1S/C26H34N2O4/c1-4-19(3)27-26(30)22(5-2)28(16-15-20-9-7-6-8-10-20)25(29)14-12-21-11-13-23-24(17-21)32-18-31-23/h6-11,13,17,19,22H,4-5,12,14-16,18H2,1-3H3,(H,27,30)/t19-,22-/m0/s1. The molecule has 172 valence electrons. The maximum atomic E-state index is 13.3. The summed E-state index contributed by atoms with van der Waals surface area (Å²) in [7, 11) is 0. The topological polar surface area (TPSA) is 67.9 Å². The summed E-state index contributed by atoms with van der Waals surface area (Å²) in [6, 6.07) is 15.4. The molecule has 0 aromatic heterocycles. The van der Waals surface area contributed by atoms with Crippen molar-refractivity contribution in [2.24, 2.45) is 0 Å². The monoisotopic (exact) mass is 438 g/mol. The van der Waals surface area contributed by atoms with E-state index in [2.05, 4.69) is 17.4 Å². The van der Waals surface area contributed by atoms with Crippen LogP contribution in [0.5, 0.6) is 11.5 Å². The molecule has 2 aromatic carbocycles. The lowest BCUT2D eigenvalue weighted by atomic mass is 10.0. The molecule has 1 heterocycles. The van der Waals surface area contributed by atoms with Crippen LogP contribution in [0.15, 0.2) is 48.5 Å². The molecule has 0 fully saturated rings. The minimum absolute atomic E-state index is 0.00949. The van der Waals surface area contributed by atoms with E-state index >= 15 is 0 Å². The summed E-state index contributed by atoms with van der Waals surface area (Å²) >= 11 is 0. The highest BCUT2D eigenvalue weighted by Crippen LogP contribution is 2.32. The number of amides is 2. The van der Waals surface area contributed by atoms with Gasteiger partial charge in [-0.3, -0.25) is 9.59 Å². The fourth-order valence-corrected chi connectivity index (χ4v) is 3.83. The quantitative estimate of drug-likeness (QED) is 0.573. The number of aryl methyl sites for hydroxylation is 1. The van der Waals surface area contributed by atoms with Crippen LogP contribution in [0.1, 0.15) is 51.2 Å². The number of hydrogen-bond acceptors (Lipinski definition) is 4. The van der Waals surface area contributed by atoms with Crippen molar-refractivity contribution in [3.63, 3.8) is 0 Å². The first-order valence-electron chi connectivity index (χ1n) is 11.5. The van der Waals surface area contributed by atoms with Gasteiger partial charge in [-0.15, -0.1) is 0 Å². The molecule has 2 atom stereocenters. The van der Waals surface area contributed by atoms with Crippen molar-refractivity contribution in [1.29, 1.82) is 0 Å². The summed E-state index contributed by atoms with van der Waals surface area (Å²) in [4.78, 5) is 28.1. The molecule has 6 nitrogen and oxygen atoms in total. The number of nitrogens with zero attached hydrogens (tertiary/aromatic N) is 1. The summed E-state index contributed by atoms with van der Waals surface area (Å²) in [6.45, 7) is 6.72. The van der Waals surface area contributed by atoms with E-state index in [4.69, 9.17) is 9.47 Å². The van der Waals surface area contributed by atoms with E-state index in [9.17, 15) is 9.59 Å². The highest BCUT2D eigenvalue weighted by molar-refractivity contribution is 5.88. The van der Waals surface area contributed by atoms with E-state index in [0.717, 1.165) is 29.0 Å². The Morgan fingerprint density at radius 1 is 0.969 bits per heavy atom. The Kier molecular flexibility index (Phi) is 8.54. The van der Waals surface area contributed by atoms with Gasteiger partial charge in [0.15, 0.2) is 11.5 Å². The van der Waals surface area contributed by atoms with Crippen LogP contribution in [-0.4, -0.2) is 42.1 Å². The maximum absolute atomic E-state index is 13.3. The molecule has 1 aliphatic rings. The summed E-state index contributed by atoms with van der Waals surface area (Å²) in [5, 5.41) is 3.05. The molecule has 0 radical (unpaired) electrons. The first kappa shape index (κ1) is 23.6. The van der Waals surface area contributed by atoms with E-state index in [1.54, 1.807) is 4.90 Å². The highest BCUT2D eigenvalue weighted by atomic mass is 16.7. The lowest BCUT2D eigenvalue weighted by molar-refractivity contribution is -0.141. The predicted octanol–water partition coefficient (Wildman–Crippen LogP) is 4.11. The maximum Gasteiger partial charge on any atom is 0.243 e. The van der Waals surface area contributed by atoms with Gasteiger partial charge in [-0.25, -0.2) is 0 Å². The lowest BCUT2D eigenvalue weighted by Gasteiger charge is -2.31. The molecule has 0 spiro atoms. The van der Waals surface area contributed by atoms with Crippen molar-refractivity contribution in [2.75, 3.05) is 13.3 Å². The second-order valence-electron chi connectivity index (χ2n) is 8.25. The SMILES string of the molecule is CC[C@H](C)NC(=O)[C@H](CC)N(CCc1ccccc1)C(=O)CCc1ccc2c(c1)OCO2. The fourth-order valence-electron chi connectivity index (χ4n) is 3.83. The van der Waals surface area contributed by atoms with Crippen LogP contribution in [0.25, 0.3) is 0 Å². The van der Waals surface area contributed by atoms with Crippen molar-refractivity contribution in [1.82, 2.24) is 10.2 Å². The summed E-state index contributed by atoms with van der Waals surface area (Å²) in [5.41, 5.74) is 2.17. The number of nitrogens with one attached hydrogen (secondary N) is 1. The largest absolute Gasteiger partial charge is 0.454 e. The van der Waals surface area contributed by atoms with Crippen molar-refractivity contribution in [2.45, 2.75) is 65.0 Å². The molecule has 0 saturated carbocycles. The highest BCUT2D eigenvalue weighted by Gasteiger charge is 2.28. The van der Waals surface area contributed by atoms with Crippen molar-refractivity contribution >= 4 is 11.8 Å². The van der Waals surface area contributed by atoms with Gasteiger partial charge in [0.05, 0.1) is 0 Å². The van der Waals surface area contributed by atoms with E-state index < -0.39 is 6.04 Å². The van der Waals surface area contributed by atoms with E-state index in [-0.39, 0.29) is 24.6 Å². The first-order valence-corrected chi connectivity index (χ1v) is 11.5. The Morgan fingerprint density at radius 3 is 2.44 bits per heavy atom. The first-order chi connectivity index (χ1) is 15.5. The molecule has 1 aliphatic heterocycles. The molecule has 0 aliphatic carbocycles. The molecule has 2 amide bonds. The third-order valence-corrected chi connectivity index (χ3v) is 5.94. The molecule has 0 bridgehead atoms. The molecule has 0 unspecified atom stereocenters. The van der Waals surface area contributed by atoms with Crippen molar-refractivity contribution in [3.05, 3.63) is 59.7 Å². The van der Waals surface area contributed by atoms with Crippen LogP contribution in [0.2, 0.25) is 0 Å². The van der Waals surface area contributed by atoms with Crippen LogP contribution in [0, 0.1) is 0 Å². The second-order valence-corrected chi connectivity index (χ2v) is 8.25. The zero-order valence-electron chi connectivity index (χ0n) is 19.3. The van der Waals surface area contributed by atoms with E-state index in [1.807, 2.05) is 57.2 Å². The fraction of sp³-hybridized carbons (Fsp3) is 0.462. The van der Waals surface area contributed by atoms with Gasteiger partial charge in [0.25, 0.3) is 0 Å². The number of benzene rings is 2. The lowest BCUT2D eigenvalue weighted by Crippen LogP contribution is -2.51. The van der Waals surface area contributed by atoms with Gasteiger partial charge in [-0.05, 0) is 55.9 Å². The van der Waals surface area contributed by atoms with Gasteiger partial charge in [0.1, 0.15) is 6.04 Å². The Morgan fingerprint density at radius 2 is 1.72 bits per heavy atom. The zero-order valence-corrected chi connectivity index (χ0v) is 19.3. The number of carbonyl (C=O) groups is 2. The average Bonchev–Trinajstić information content (AvgIpc) is 3.28. The molecule has 0 saturated heterocycles. The van der Waals surface area contributed by atoms with Gasteiger partial charge >= 0.3 is 0 Å². The Bertz CT molecular complexity index is 900. The summed E-state index contributed by atoms with van der Waals surface area (Å²) in [6.07, 6.45) is 3.06. The number of ether oxygens (including phenoxy) is 2. The molecule has 1 N–H and O–H groups in total. The van der Waals surface area contributed by atoms with Gasteiger partial charge in [-0.1, -0.05) is 50.2 Å². The van der Waals surface area contributed by atoms with Crippen LogP contribution in [0.3, 0.4) is 0 Å². The molecular weight excluding hydrogens is 404 g/mol. The number of carbonyl (C=O) groups excluding carboxylic acids is 2. The Balaban J connectivity index is 1.70. The van der Waals surface area contributed by atoms with Crippen LogP contribution < -0.4 is 14.8 Å². The summed E-state index contributed by atoms with van der Waals surface area (Å²) < 4.78 is 10.8. The van der Waals surface area contributed by atoms with E-state index in [0.29, 0.717) is 32.2 Å². The smallest absolute Gasteiger partial charge is 0.243 e. The zero-order chi connectivity index (χ0) is 22.9. The van der Waals surface area contributed by atoms with Gasteiger partial charge in [0.2, 0.25) is 18.6 Å². The molecule has 32 heavy (non-hydrogen) atoms. The normalized spacial score (nSPS) is 14.0. The average molecular weight is 439 g/mol. The van der Waals surface area contributed by atoms with Crippen molar-refractivity contribution < 1.29 is 19.1 Å². The van der Waals surface area contributed by atoms with Crippen LogP contribution in [-0.2, 0) is 22.4 Å². The van der Waals surface area contributed by atoms with Gasteiger partial charge < -0.3 is 19.7 Å². The number of hydrogen-bond donors (Lipinski definition) is 1. The Hall–Kier alpha value is -3.02. The van der Waals surface area contributed by atoms with E-state index in [1.165, 1.54) is 0 Å². The van der Waals surface area contributed by atoms with Crippen LogP contribution in [0.4, 0.5) is 0 Å². The Labute approximate surface area is 190 Å². The summed E-state index contributed by atoms with van der Waals surface area (Å²) in [5.74, 6) is 1.36. The van der Waals surface area contributed by atoms with Gasteiger partial charge in [-0.2, -0.15) is 0 Å². The third-order valence-electron chi connectivity index (χ3n) is 5.94. The molecular formula is C26H34N2O4. The van der Waals surface area contributed by atoms with Crippen molar-refractivity contribution in [3.8, 4) is 11.5 Å². The van der Waals surface area contributed by atoms with Gasteiger partial charge in [0, 0.05) is 19.0 Å². The minimum Gasteiger partial charge on any atom is -0.454 e. The molecule has 2 aromatic rings. The molecule has 3 rings (SSSR count). The number of rotatable bonds is 11. The minimum atomic E-state index is -0.475. The number of fused-ring (bicyclic) bond motifs is 1. The second kappa shape index (κ2) is 11.6. The third kappa shape index (κ3) is 6.25.